The van der Waals surface area contributed by atoms with Crippen molar-refractivity contribution >= 4 is 23.5 Å². The van der Waals surface area contributed by atoms with E-state index < -0.39 is 11.9 Å². The average molecular weight is 228 g/mol. The van der Waals surface area contributed by atoms with Crippen molar-refractivity contribution in [3.8, 4) is 5.75 Å². The molecule has 0 aliphatic carbocycles. The minimum absolute atomic E-state index is 0.0218. The van der Waals surface area contributed by atoms with Gasteiger partial charge < -0.3 is 10.5 Å². The van der Waals surface area contributed by atoms with E-state index in [1.54, 1.807) is 12.1 Å². The van der Waals surface area contributed by atoms with Crippen molar-refractivity contribution in [2.75, 3.05) is 0 Å². The van der Waals surface area contributed by atoms with Crippen molar-refractivity contribution in [1.82, 2.24) is 0 Å². The Bertz CT molecular complexity index is 404. The number of ether oxygens (including phenoxy) is 1. The summed E-state index contributed by atoms with van der Waals surface area (Å²) >= 11 is 5.83. The van der Waals surface area contributed by atoms with Crippen LogP contribution in [0.3, 0.4) is 0 Å². The highest BCUT2D eigenvalue weighted by molar-refractivity contribution is 6.31. The zero-order chi connectivity index (χ0) is 11.4. The minimum Gasteiger partial charge on any atom is -0.427 e. The van der Waals surface area contributed by atoms with Gasteiger partial charge in [0.2, 0.25) is 5.91 Å². The summed E-state index contributed by atoms with van der Waals surface area (Å²) in [5.74, 6) is -0.567. The van der Waals surface area contributed by atoms with Crippen LogP contribution in [0.25, 0.3) is 0 Å². The molecule has 0 aliphatic rings. The summed E-state index contributed by atoms with van der Waals surface area (Å²) in [7, 11) is 0. The molecule has 0 unspecified atom stereocenters. The van der Waals surface area contributed by atoms with E-state index in [9.17, 15) is 9.59 Å². The smallest absolute Gasteiger partial charge is 0.308 e. The summed E-state index contributed by atoms with van der Waals surface area (Å²) in [4.78, 5) is 21.4. The molecule has 15 heavy (non-hydrogen) atoms. The van der Waals surface area contributed by atoms with Crippen LogP contribution >= 0.6 is 11.6 Å². The Balaban J connectivity index is 2.94. The van der Waals surface area contributed by atoms with Crippen LogP contribution < -0.4 is 10.5 Å². The normalized spacial score (nSPS) is 9.73. The van der Waals surface area contributed by atoms with Gasteiger partial charge in [-0.05, 0) is 23.8 Å². The van der Waals surface area contributed by atoms with Crippen LogP contribution in [0.2, 0.25) is 5.02 Å². The Labute approximate surface area is 92.0 Å². The fourth-order valence-electron chi connectivity index (χ4n) is 1.10. The number of amides is 1. The molecular formula is C10H10ClNO3. The fourth-order valence-corrected chi connectivity index (χ4v) is 1.29. The van der Waals surface area contributed by atoms with Crippen LogP contribution in [0.1, 0.15) is 12.5 Å². The molecule has 0 atom stereocenters. The molecule has 0 bridgehead atoms. The van der Waals surface area contributed by atoms with Crippen LogP contribution in [0.4, 0.5) is 0 Å². The van der Waals surface area contributed by atoms with Crippen molar-refractivity contribution in [2.45, 2.75) is 13.3 Å². The van der Waals surface area contributed by atoms with Gasteiger partial charge in [0.1, 0.15) is 5.75 Å². The van der Waals surface area contributed by atoms with Crippen LogP contribution in [-0.2, 0) is 16.0 Å². The van der Waals surface area contributed by atoms with Crippen molar-refractivity contribution < 1.29 is 14.3 Å². The minimum atomic E-state index is -0.489. The maximum Gasteiger partial charge on any atom is 0.308 e. The Kier molecular flexibility index (Phi) is 3.68. The van der Waals surface area contributed by atoms with Gasteiger partial charge in [0.25, 0.3) is 0 Å². The second kappa shape index (κ2) is 4.79. The lowest BCUT2D eigenvalue weighted by Gasteiger charge is -2.05. The number of carbonyl (C=O) groups excluding carboxylic acids is 2. The van der Waals surface area contributed by atoms with Crippen molar-refractivity contribution in [3.05, 3.63) is 28.8 Å². The maximum atomic E-state index is 10.7. The summed E-state index contributed by atoms with van der Waals surface area (Å²) < 4.78 is 4.84. The maximum absolute atomic E-state index is 10.7. The second-order valence-corrected chi connectivity index (χ2v) is 3.40. The van der Waals surface area contributed by atoms with Crippen molar-refractivity contribution in [2.24, 2.45) is 5.73 Å². The van der Waals surface area contributed by atoms with Gasteiger partial charge >= 0.3 is 5.97 Å². The molecule has 4 nitrogen and oxygen atoms in total. The van der Waals surface area contributed by atoms with Gasteiger partial charge in [0.15, 0.2) is 0 Å². The first-order valence-electron chi connectivity index (χ1n) is 4.24. The molecule has 0 fully saturated rings. The summed E-state index contributed by atoms with van der Waals surface area (Å²) in [6.07, 6.45) is 0.0218. The Hall–Kier alpha value is -1.55. The molecule has 1 aromatic carbocycles. The van der Waals surface area contributed by atoms with E-state index in [0.717, 1.165) is 0 Å². The molecule has 0 heterocycles. The largest absolute Gasteiger partial charge is 0.427 e. The molecule has 0 spiro atoms. The third-order valence-electron chi connectivity index (χ3n) is 1.64. The molecule has 1 aromatic rings. The van der Waals surface area contributed by atoms with Gasteiger partial charge in [-0.2, -0.15) is 0 Å². The van der Waals surface area contributed by atoms with E-state index in [1.165, 1.54) is 13.0 Å². The third-order valence-corrected chi connectivity index (χ3v) is 2.01. The zero-order valence-corrected chi connectivity index (χ0v) is 8.88. The first kappa shape index (κ1) is 11.5. The number of hydrogen-bond donors (Lipinski definition) is 1. The van der Waals surface area contributed by atoms with Gasteiger partial charge in [-0.3, -0.25) is 9.59 Å². The second-order valence-electron chi connectivity index (χ2n) is 2.99. The van der Waals surface area contributed by atoms with Crippen LogP contribution in [0.5, 0.6) is 5.75 Å². The fraction of sp³-hybridized carbons (Fsp3) is 0.200. The van der Waals surface area contributed by atoms with E-state index in [0.29, 0.717) is 16.3 Å². The van der Waals surface area contributed by atoms with Gasteiger partial charge in [-0.15, -0.1) is 0 Å². The van der Waals surface area contributed by atoms with Gasteiger partial charge in [-0.25, -0.2) is 0 Å². The number of carbonyl (C=O) groups is 2. The first-order chi connectivity index (χ1) is 6.99. The zero-order valence-electron chi connectivity index (χ0n) is 8.12. The van der Waals surface area contributed by atoms with Gasteiger partial charge in [-0.1, -0.05) is 11.6 Å². The molecule has 0 radical (unpaired) electrons. The molecule has 0 saturated heterocycles. The van der Waals surface area contributed by atoms with Crippen LogP contribution in [0, 0.1) is 0 Å². The molecular weight excluding hydrogens is 218 g/mol. The van der Waals surface area contributed by atoms with E-state index in [4.69, 9.17) is 22.1 Å². The highest BCUT2D eigenvalue weighted by Gasteiger charge is 2.07. The number of benzene rings is 1. The van der Waals surface area contributed by atoms with E-state index in [1.807, 2.05) is 0 Å². The number of rotatable bonds is 3. The number of hydrogen-bond acceptors (Lipinski definition) is 3. The van der Waals surface area contributed by atoms with Gasteiger partial charge in [0.05, 0.1) is 6.42 Å². The molecule has 0 aromatic heterocycles. The van der Waals surface area contributed by atoms with E-state index in [-0.39, 0.29) is 6.42 Å². The third kappa shape index (κ3) is 3.59. The quantitative estimate of drug-likeness (QED) is 0.625. The summed E-state index contributed by atoms with van der Waals surface area (Å²) in [5.41, 5.74) is 5.58. The lowest BCUT2D eigenvalue weighted by molar-refractivity contribution is -0.131. The van der Waals surface area contributed by atoms with Crippen molar-refractivity contribution in [3.63, 3.8) is 0 Å². The predicted octanol–water partition coefficient (Wildman–Crippen LogP) is 1.29. The first-order valence-corrected chi connectivity index (χ1v) is 4.62. The monoisotopic (exact) mass is 227 g/mol. The van der Waals surface area contributed by atoms with Gasteiger partial charge in [0, 0.05) is 11.9 Å². The standard InChI is InChI=1S/C10H10ClNO3/c1-6(13)15-8-2-3-9(11)7(4-8)5-10(12)14/h2-4H,5H2,1H3,(H2,12,14). The average Bonchev–Trinajstić information content (AvgIpc) is 2.09. The molecule has 0 aliphatic heterocycles. The molecule has 1 rings (SSSR count). The molecule has 5 heteroatoms. The lowest BCUT2D eigenvalue weighted by Crippen LogP contribution is -2.14. The summed E-state index contributed by atoms with van der Waals surface area (Å²) in [6.45, 7) is 1.29. The summed E-state index contributed by atoms with van der Waals surface area (Å²) in [6, 6.07) is 4.63. The number of halogens is 1. The molecule has 80 valence electrons. The number of nitrogens with two attached hydrogens (primary N) is 1. The Morgan fingerprint density at radius 2 is 2.13 bits per heavy atom. The van der Waals surface area contributed by atoms with E-state index >= 15 is 0 Å². The highest BCUT2D eigenvalue weighted by Crippen LogP contribution is 2.22. The predicted molar refractivity (Wildman–Crippen MR) is 55.7 cm³/mol. The van der Waals surface area contributed by atoms with E-state index in [2.05, 4.69) is 0 Å². The number of primary amides is 1. The van der Waals surface area contributed by atoms with Crippen LogP contribution in [-0.4, -0.2) is 11.9 Å². The highest BCUT2D eigenvalue weighted by atomic mass is 35.5. The van der Waals surface area contributed by atoms with Crippen LogP contribution in [0.15, 0.2) is 18.2 Å². The number of esters is 1. The SMILES string of the molecule is CC(=O)Oc1ccc(Cl)c(CC(N)=O)c1. The topological polar surface area (TPSA) is 69.4 Å². The molecule has 0 saturated carbocycles. The summed E-state index contributed by atoms with van der Waals surface area (Å²) in [5, 5.41) is 0.421. The molecule has 2 N–H and O–H groups in total. The molecule has 1 amide bonds. The van der Waals surface area contributed by atoms with Crippen molar-refractivity contribution in [1.29, 1.82) is 0 Å². The Morgan fingerprint density at radius 1 is 1.47 bits per heavy atom. The Morgan fingerprint density at radius 3 is 2.67 bits per heavy atom. The lowest BCUT2D eigenvalue weighted by atomic mass is 10.1.